The summed E-state index contributed by atoms with van der Waals surface area (Å²) in [6.07, 6.45) is 0. The van der Waals surface area contributed by atoms with Gasteiger partial charge < -0.3 is 16.4 Å². The lowest BCUT2D eigenvalue weighted by Crippen LogP contribution is -2.51. The van der Waals surface area contributed by atoms with Crippen LogP contribution in [0.1, 0.15) is 5.56 Å². The van der Waals surface area contributed by atoms with Gasteiger partial charge in [-0.2, -0.15) is 0 Å². The summed E-state index contributed by atoms with van der Waals surface area (Å²) in [6.45, 7) is 1.81. The Hall–Kier alpha value is -2.12. The Morgan fingerprint density at radius 2 is 1.94 bits per heavy atom. The first-order chi connectivity index (χ1) is 8.56. The van der Waals surface area contributed by atoms with Crippen LogP contribution in [0.2, 0.25) is 0 Å². The number of carbonyl (C=O) groups excluding carboxylic acids is 2. The minimum absolute atomic E-state index is 0.117. The Labute approximate surface area is 104 Å². The van der Waals surface area contributed by atoms with E-state index in [0.717, 1.165) is 5.56 Å². The molecule has 0 fully saturated rings. The van der Waals surface area contributed by atoms with Gasteiger partial charge in [-0.05, 0) is 19.1 Å². The van der Waals surface area contributed by atoms with Crippen LogP contribution in [0.15, 0.2) is 24.3 Å². The Morgan fingerprint density at radius 1 is 1.33 bits per heavy atom. The maximum absolute atomic E-state index is 11.5. The Morgan fingerprint density at radius 3 is 2.44 bits per heavy atom. The lowest BCUT2D eigenvalue weighted by atomic mass is 10.2. The Kier molecular flexibility index (Phi) is 5.09. The van der Waals surface area contributed by atoms with E-state index in [1.807, 2.05) is 19.1 Å². The second-order valence-electron chi connectivity index (χ2n) is 3.73. The number of carbonyl (C=O) groups is 2. The average Bonchev–Trinajstić information content (AvgIpc) is 2.37. The van der Waals surface area contributed by atoms with Crippen LogP contribution < -0.4 is 21.8 Å². The molecule has 1 rings (SSSR count). The normalized spacial score (nSPS) is 11.5. The van der Waals surface area contributed by atoms with E-state index in [-0.39, 0.29) is 6.54 Å². The minimum Gasteiger partial charge on any atom is -0.328 e. The van der Waals surface area contributed by atoms with Crippen LogP contribution in [-0.4, -0.2) is 29.7 Å². The van der Waals surface area contributed by atoms with E-state index in [1.165, 1.54) is 5.48 Å². The fourth-order valence-electron chi connectivity index (χ4n) is 1.27. The molecule has 1 aromatic carbocycles. The molecule has 0 radical (unpaired) electrons. The molecule has 0 aromatic heterocycles. The average molecular weight is 252 g/mol. The van der Waals surface area contributed by atoms with Gasteiger partial charge >= 0.3 is 6.03 Å². The number of urea groups is 1. The molecule has 0 heterocycles. The Bertz CT molecular complexity index is 419. The number of hydrogen-bond acceptors (Lipinski definition) is 4. The van der Waals surface area contributed by atoms with Crippen molar-refractivity contribution in [2.45, 2.75) is 13.0 Å². The van der Waals surface area contributed by atoms with Crippen molar-refractivity contribution < 1.29 is 14.8 Å². The van der Waals surface area contributed by atoms with Gasteiger partial charge in [-0.15, -0.1) is 0 Å². The van der Waals surface area contributed by atoms with Gasteiger partial charge in [-0.3, -0.25) is 10.0 Å². The van der Waals surface area contributed by atoms with Crippen molar-refractivity contribution in [2.24, 2.45) is 5.73 Å². The quantitative estimate of drug-likeness (QED) is 0.381. The predicted octanol–water partition coefficient (Wildman–Crippen LogP) is -0.0508. The fraction of sp³-hybridized carbons (Fsp3) is 0.273. The van der Waals surface area contributed by atoms with Gasteiger partial charge in [0, 0.05) is 12.2 Å². The number of hydrogen-bond donors (Lipinski definition) is 5. The van der Waals surface area contributed by atoms with Gasteiger partial charge in [0.05, 0.1) is 0 Å². The van der Waals surface area contributed by atoms with Crippen molar-refractivity contribution in [3.63, 3.8) is 0 Å². The third kappa shape index (κ3) is 4.04. The largest absolute Gasteiger partial charge is 0.328 e. The van der Waals surface area contributed by atoms with Crippen molar-refractivity contribution in [3.05, 3.63) is 29.8 Å². The van der Waals surface area contributed by atoms with Crippen LogP contribution in [-0.2, 0) is 4.79 Å². The minimum atomic E-state index is -0.986. The number of hydroxylamine groups is 1. The van der Waals surface area contributed by atoms with Gasteiger partial charge in [-0.1, -0.05) is 17.7 Å². The number of nitrogens with two attached hydrogens (primary N) is 1. The first-order valence-electron chi connectivity index (χ1n) is 5.35. The van der Waals surface area contributed by atoms with Gasteiger partial charge in [0.25, 0.3) is 5.91 Å². The zero-order valence-electron chi connectivity index (χ0n) is 9.93. The summed E-state index contributed by atoms with van der Waals surface area (Å²) in [5.41, 5.74) is 8.39. The molecule has 0 aliphatic carbocycles. The van der Waals surface area contributed by atoms with Crippen LogP contribution in [0.25, 0.3) is 0 Å². The van der Waals surface area contributed by atoms with Gasteiger partial charge in [0.15, 0.2) is 0 Å². The number of nitrogens with one attached hydrogen (secondary N) is 3. The molecule has 1 aromatic rings. The summed E-state index contributed by atoms with van der Waals surface area (Å²) < 4.78 is 0. The summed E-state index contributed by atoms with van der Waals surface area (Å²) in [5, 5.41) is 13.3. The van der Waals surface area contributed by atoms with Crippen molar-refractivity contribution in [2.75, 3.05) is 11.9 Å². The second kappa shape index (κ2) is 6.58. The predicted molar refractivity (Wildman–Crippen MR) is 66.1 cm³/mol. The molecule has 0 aliphatic rings. The van der Waals surface area contributed by atoms with Crippen molar-refractivity contribution >= 4 is 17.6 Å². The molecule has 0 aliphatic heterocycles. The number of benzene rings is 1. The number of rotatable bonds is 4. The molecular formula is C11H16N4O3. The summed E-state index contributed by atoms with van der Waals surface area (Å²) in [4.78, 5) is 22.6. The summed E-state index contributed by atoms with van der Waals surface area (Å²) in [5.74, 6) is -0.767. The van der Waals surface area contributed by atoms with E-state index in [1.54, 1.807) is 12.1 Å². The third-order valence-corrected chi connectivity index (χ3v) is 2.28. The standard InChI is InChI=1S/C11H16N4O3/c1-7-2-4-8(5-3-7)13-11(17)14-9(6-12)10(16)15-18/h2-5,9,18H,6,12H2,1H3,(H,15,16)(H2,13,14,17). The highest BCUT2D eigenvalue weighted by molar-refractivity contribution is 5.93. The maximum atomic E-state index is 11.5. The van der Waals surface area contributed by atoms with Crippen molar-refractivity contribution in [1.29, 1.82) is 0 Å². The maximum Gasteiger partial charge on any atom is 0.319 e. The summed E-state index contributed by atoms with van der Waals surface area (Å²) in [6, 6.07) is 5.60. The molecule has 18 heavy (non-hydrogen) atoms. The molecule has 0 spiro atoms. The SMILES string of the molecule is Cc1ccc(NC(=O)NC(CN)C(=O)NO)cc1. The molecule has 3 amide bonds. The lowest BCUT2D eigenvalue weighted by Gasteiger charge is -2.15. The molecule has 1 atom stereocenters. The van der Waals surface area contributed by atoms with E-state index in [0.29, 0.717) is 5.69 Å². The summed E-state index contributed by atoms with van der Waals surface area (Å²) >= 11 is 0. The van der Waals surface area contributed by atoms with Gasteiger partial charge in [-0.25, -0.2) is 10.3 Å². The monoisotopic (exact) mass is 252 g/mol. The van der Waals surface area contributed by atoms with Gasteiger partial charge in [0.1, 0.15) is 6.04 Å². The second-order valence-corrected chi connectivity index (χ2v) is 3.73. The smallest absolute Gasteiger partial charge is 0.319 e. The molecule has 7 nitrogen and oxygen atoms in total. The number of anilines is 1. The molecule has 98 valence electrons. The van der Waals surface area contributed by atoms with Crippen LogP contribution in [0, 0.1) is 6.92 Å². The molecular weight excluding hydrogens is 236 g/mol. The molecule has 1 unspecified atom stereocenters. The highest BCUT2D eigenvalue weighted by Crippen LogP contribution is 2.08. The fourth-order valence-corrected chi connectivity index (χ4v) is 1.27. The summed E-state index contributed by atoms with van der Waals surface area (Å²) in [7, 11) is 0. The Balaban J connectivity index is 2.55. The van der Waals surface area contributed by atoms with E-state index in [2.05, 4.69) is 10.6 Å². The van der Waals surface area contributed by atoms with Gasteiger partial charge in [0.2, 0.25) is 0 Å². The first-order valence-corrected chi connectivity index (χ1v) is 5.35. The highest BCUT2D eigenvalue weighted by Gasteiger charge is 2.18. The van der Waals surface area contributed by atoms with Crippen LogP contribution in [0.5, 0.6) is 0 Å². The molecule has 0 saturated heterocycles. The number of amides is 3. The zero-order valence-corrected chi connectivity index (χ0v) is 9.93. The highest BCUT2D eigenvalue weighted by atomic mass is 16.5. The van der Waals surface area contributed by atoms with Crippen LogP contribution in [0.3, 0.4) is 0 Å². The van der Waals surface area contributed by atoms with Crippen molar-refractivity contribution in [3.8, 4) is 0 Å². The zero-order chi connectivity index (χ0) is 13.5. The lowest BCUT2D eigenvalue weighted by molar-refractivity contribution is -0.130. The molecule has 0 bridgehead atoms. The van der Waals surface area contributed by atoms with E-state index < -0.39 is 18.0 Å². The molecule has 6 N–H and O–H groups in total. The number of aryl methyl sites for hydroxylation is 1. The topological polar surface area (TPSA) is 116 Å². The third-order valence-electron chi connectivity index (χ3n) is 2.28. The van der Waals surface area contributed by atoms with Crippen molar-refractivity contribution in [1.82, 2.24) is 10.8 Å². The van der Waals surface area contributed by atoms with Crippen LogP contribution >= 0.6 is 0 Å². The van der Waals surface area contributed by atoms with Crippen LogP contribution in [0.4, 0.5) is 10.5 Å². The van der Waals surface area contributed by atoms with E-state index >= 15 is 0 Å². The molecule has 0 saturated carbocycles. The molecule has 7 heteroatoms. The van der Waals surface area contributed by atoms with E-state index in [9.17, 15) is 9.59 Å². The van der Waals surface area contributed by atoms with E-state index in [4.69, 9.17) is 10.9 Å². The first kappa shape index (κ1) is 13.9.